The summed E-state index contributed by atoms with van der Waals surface area (Å²) >= 11 is 0. The van der Waals surface area contributed by atoms with Gasteiger partial charge in [-0.05, 0) is 45.4 Å². The molecule has 0 aliphatic heterocycles. The van der Waals surface area contributed by atoms with Crippen LogP contribution < -0.4 is 10.6 Å². The third-order valence-electron chi connectivity index (χ3n) is 2.77. The van der Waals surface area contributed by atoms with Crippen molar-refractivity contribution < 1.29 is 19.2 Å². The number of benzene rings is 1. The molecular weight excluding hydrogens is 322 g/mol. The standard InChI is InChI=1S/C18H25N3O4/c1-6-11-24-21-13(2)14-7-9-15(10-8-14)20-17(23)19-12-16(22)25-18(3,4)5/h6-10H,1,11-12H2,2-5H3,(H2,19,20,23)/b21-13-. The van der Waals surface area contributed by atoms with E-state index in [1.54, 1.807) is 51.1 Å². The Labute approximate surface area is 148 Å². The lowest BCUT2D eigenvalue weighted by Gasteiger charge is -2.19. The van der Waals surface area contributed by atoms with Crippen molar-refractivity contribution in [3.63, 3.8) is 0 Å². The zero-order valence-corrected chi connectivity index (χ0v) is 15.1. The van der Waals surface area contributed by atoms with Crippen molar-refractivity contribution in [2.45, 2.75) is 33.3 Å². The third-order valence-corrected chi connectivity index (χ3v) is 2.77. The molecule has 25 heavy (non-hydrogen) atoms. The van der Waals surface area contributed by atoms with Crippen LogP contribution in [-0.2, 0) is 14.4 Å². The molecule has 0 aliphatic carbocycles. The van der Waals surface area contributed by atoms with E-state index in [9.17, 15) is 9.59 Å². The number of hydrogen-bond acceptors (Lipinski definition) is 5. The van der Waals surface area contributed by atoms with Gasteiger partial charge in [0.25, 0.3) is 0 Å². The number of hydrogen-bond donors (Lipinski definition) is 2. The summed E-state index contributed by atoms with van der Waals surface area (Å²) in [6, 6.07) is 6.58. The molecule has 0 aliphatic rings. The van der Waals surface area contributed by atoms with Crippen LogP contribution in [0, 0.1) is 0 Å². The van der Waals surface area contributed by atoms with Gasteiger partial charge in [-0.2, -0.15) is 0 Å². The van der Waals surface area contributed by atoms with E-state index < -0.39 is 17.6 Å². The Bertz CT molecular complexity index is 631. The van der Waals surface area contributed by atoms with Gasteiger partial charge in [0.2, 0.25) is 0 Å². The van der Waals surface area contributed by atoms with Crippen LogP contribution in [0.25, 0.3) is 0 Å². The summed E-state index contributed by atoms with van der Waals surface area (Å²) in [5.74, 6) is -0.496. The first kappa shape index (κ1) is 20.2. The molecule has 0 heterocycles. The minimum absolute atomic E-state index is 0.201. The van der Waals surface area contributed by atoms with E-state index in [2.05, 4.69) is 22.4 Å². The van der Waals surface area contributed by atoms with Gasteiger partial charge in [-0.15, -0.1) is 0 Å². The SMILES string of the molecule is C=CCO/N=C(/C)c1ccc(NC(=O)NCC(=O)OC(C)(C)C)cc1. The van der Waals surface area contributed by atoms with Gasteiger partial charge in [0.1, 0.15) is 18.8 Å². The molecule has 0 aromatic heterocycles. The average molecular weight is 347 g/mol. The summed E-state index contributed by atoms with van der Waals surface area (Å²) in [7, 11) is 0. The molecule has 0 saturated carbocycles. The molecule has 0 fully saturated rings. The van der Waals surface area contributed by atoms with Crippen LogP contribution in [0.15, 0.2) is 42.1 Å². The number of esters is 1. The maximum absolute atomic E-state index is 11.8. The lowest BCUT2D eigenvalue weighted by Crippen LogP contribution is -2.36. The minimum atomic E-state index is -0.583. The Kier molecular flexibility index (Phi) is 7.65. The number of rotatable bonds is 7. The largest absolute Gasteiger partial charge is 0.459 e. The van der Waals surface area contributed by atoms with Crippen LogP contribution in [0.5, 0.6) is 0 Å². The Morgan fingerprint density at radius 1 is 1.24 bits per heavy atom. The van der Waals surface area contributed by atoms with Crippen molar-refractivity contribution in [1.29, 1.82) is 0 Å². The molecule has 0 saturated heterocycles. The topological polar surface area (TPSA) is 89.0 Å². The monoisotopic (exact) mass is 347 g/mol. The summed E-state index contributed by atoms with van der Waals surface area (Å²) in [4.78, 5) is 28.4. The van der Waals surface area contributed by atoms with Crippen molar-refractivity contribution >= 4 is 23.4 Å². The van der Waals surface area contributed by atoms with E-state index in [4.69, 9.17) is 9.57 Å². The summed E-state index contributed by atoms with van der Waals surface area (Å²) in [5, 5.41) is 9.03. The smallest absolute Gasteiger partial charge is 0.325 e. The zero-order chi connectivity index (χ0) is 18.9. The van der Waals surface area contributed by atoms with Crippen molar-refractivity contribution in [3.05, 3.63) is 42.5 Å². The van der Waals surface area contributed by atoms with Crippen LogP contribution in [-0.4, -0.2) is 36.5 Å². The van der Waals surface area contributed by atoms with Crippen molar-refractivity contribution in [3.8, 4) is 0 Å². The van der Waals surface area contributed by atoms with Gasteiger partial charge in [-0.3, -0.25) is 4.79 Å². The van der Waals surface area contributed by atoms with Gasteiger partial charge in [-0.1, -0.05) is 29.9 Å². The Morgan fingerprint density at radius 2 is 1.88 bits per heavy atom. The molecule has 7 nitrogen and oxygen atoms in total. The number of oxime groups is 1. The van der Waals surface area contributed by atoms with Gasteiger partial charge >= 0.3 is 12.0 Å². The van der Waals surface area contributed by atoms with E-state index in [-0.39, 0.29) is 6.54 Å². The Balaban J connectivity index is 2.49. The van der Waals surface area contributed by atoms with Crippen LogP contribution in [0.3, 0.4) is 0 Å². The highest BCUT2D eigenvalue weighted by Gasteiger charge is 2.16. The lowest BCUT2D eigenvalue weighted by atomic mass is 10.1. The fourth-order valence-corrected chi connectivity index (χ4v) is 1.74. The second kappa shape index (κ2) is 9.46. The maximum Gasteiger partial charge on any atom is 0.325 e. The molecule has 2 amide bonds. The second-order valence-corrected chi connectivity index (χ2v) is 6.23. The summed E-state index contributed by atoms with van der Waals surface area (Å²) in [5.41, 5.74) is 1.58. The lowest BCUT2D eigenvalue weighted by molar-refractivity contribution is -0.153. The predicted molar refractivity (Wildman–Crippen MR) is 97.7 cm³/mol. The molecule has 0 atom stereocenters. The maximum atomic E-state index is 11.8. The normalized spacial score (nSPS) is 11.4. The highest BCUT2D eigenvalue weighted by Crippen LogP contribution is 2.11. The minimum Gasteiger partial charge on any atom is -0.459 e. The number of urea groups is 1. The number of carbonyl (C=O) groups is 2. The van der Waals surface area contributed by atoms with E-state index in [0.29, 0.717) is 18.0 Å². The predicted octanol–water partition coefficient (Wildman–Crippen LogP) is 3.08. The molecule has 1 aromatic carbocycles. The average Bonchev–Trinajstić information content (AvgIpc) is 2.52. The summed E-state index contributed by atoms with van der Waals surface area (Å²) < 4.78 is 5.11. The first-order valence-electron chi connectivity index (χ1n) is 7.86. The highest BCUT2D eigenvalue weighted by atomic mass is 16.6. The molecule has 0 unspecified atom stereocenters. The van der Waals surface area contributed by atoms with E-state index in [1.165, 1.54) is 0 Å². The number of anilines is 1. The van der Waals surface area contributed by atoms with Gasteiger partial charge in [0.15, 0.2) is 0 Å². The summed E-state index contributed by atoms with van der Waals surface area (Å²) in [6.07, 6.45) is 1.61. The molecule has 0 bridgehead atoms. The third kappa shape index (κ3) is 8.55. The fraction of sp³-hybridized carbons (Fsp3) is 0.389. The second-order valence-electron chi connectivity index (χ2n) is 6.23. The van der Waals surface area contributed by atoms with Gasteiger partial charge in [-0.25, -0.2) is 4.79 Å². The van der Waals surface area contributed by atoms with Crippen molar-refractivity contribution in [2.75, 3.05) is 18.5 Å². The number of amides is 2. The molecule has 7 heteroatoms. The number of nitrogens with zero attached hydrogens (tertiary/aromatic N) is 1. The van der Waals surface area contributed by atoms with Crippen molar-refractivity contribution in [1.82, 2.24) is 5.32 Å². The van der Waals surface area contributed by atoms with Crippen LogP contribution in [0.4, 0.5) is 10.5 Å². The number of carbonyl (C=O) groups excluding carboxylic acids is 2. The molecule has 1 aromatic rings. The number of nitrogens with one attached hydrogen (secondary N) is 2. The van der Waals surface area contributed by atoms with Gasteiger partial charge in [0.05, 0.1) is 5.71 Å². The summed E-state index contributed by atoms with van der Waals surface area (Å²) in [6.45, 7) is 10.8. The van der Waals surface area contributed by atoms with Gasteiger partial charge in [0, 0.05) is 5.69 Å². The molecule has 136 valence electrons. The zero-order valence-electron chi connectivity index (χ0n) is 15.1. The van der Waals surface area contributed by atoms with E-state index in [1.807, 2.05) is 6.92 Å². The highest BCUT2D eigenvalue weighted by molar-refractivity contribution is 5.99. The Morgan fingerprint density at radius 3 is 2.44 bits per heavy atom. The van der Waals surface area contributed by atoms with E-state index >= 15 is 0 Å². The fourth-order valence-electron chi connectivity index (χ4n) is 1.74. The van der Waals surface area contributed by atoms with Gasteiger partial charge < -0.3 is 20.2 Å². The molecular formula is C18H25N3O4. The quantitative estimate of drug-likeness (QED) is 0.261. The Hall–Kier alpha value is -2.83. The van der Waals surface area contributed by atoms with Crippen LogP contribution in [0.1, 0.15) is 33.3 Å². The van der Waals surface area contributed by atoms with Crippen LogP contribution in [0.2, 0.25) is 0 Å². The van der Waals surface area contributed by atoms with Crippen LogP contribution >= 0.6 is 0 Å². The molecule has 0 spiro atoms. The van der Waals surface area contributed by atoms with E-state index in [0.717, 1.165) is 5.56 Å². The molecule has 0 radical (unpaired) electrons. The molecule has 1 rings (SSSR count). The first-order valence-corrected chi connectivity index (χ1v) is 7.86. The number of ether oxygens (including phenoxy) is 1. The first-order chi connectivity index (χ1) is 11.7. The molecule has 2 N–H and O–H groups in total. The van der Waals surface area contributed by atoms with Crippen molar-refractivity contribution in [2.24, 2.45) is 5.16 Å².